The van der Waals surface area contributed by atoms with Crippen LogP contribution in [0.1, 0.15) is 16.2 Å². The molecule has 0 bridgehead atoms. The molecule has 0 saturated carbocycles. The number of carbonyl (C=O) groups excluding carboxylic acids is 1. The van der Waals surface area contributed by atoms with Crippen molar-refractivity contribution >= 4 is 43.4 Å². The van der Waals surface area contributed by atoms with Crippen LogP contribution in [0.25, 0.3) is 16.9 Å². The fraction of sp³-hybridized carbons (Fsp3) is 0.316. The van der Waals surface area contributed by atoms with Crippen molar-refractivity contribution in [2.45, 2.75) is 6.18 Å². The molecule has 3 aromatic rings. The molecule has 1 saturated heterocycles. The van der Waals surface area contributed by atoms with Crippen LogP contribution in [0.4, 0.5) is 13.2 Å². The molecule has 158 valence electrons. The lowest BCUT2D eigenvalue weighted by Crippen LogP contribution is -2.47. The van der Waals surface area contributed by atoms with Crippen LogP contribution >= 0.6 is 31.9 Å². The molecule has 0 atom stereocenters. The first-order valence-corrected chi connectivity index (χ1v) is 10.6. The smallest absolute Gasteiger partial charge is 0.335 e. The summed E-state index contributed by atoms with van der Waals surface area (Å²) in [7, 11) is 1.95. The first-order valence-electron chi connectivity index (χ1n) is 9.05. The topological polar surface area (TPSA) is 53.7 Å². The van der Waals surface area contributed by atoms with Crippen LogP contribution in [0.2, 0.25) is 0 Å². The van der Waals surface area contributed by atoms with Crippen LogP contribution in [0, 0.1) is 0 Å². The highest BCUT2D eigenvalue weighted by Crippen LogP contribution is 2.35. The number of piperazine rings is 1. The summed E-state index contributed by atoms with van der Waals surface area (Å²) in [5.41, 5.74) is -0.470. The standard InChI is InChI=1S/C19H16Br2F3N5O/c1-27-6-8-28(9-7-27)18(30)16-15(21)17-25-13(11-2-4-12(20)5-3-11)10-14(19(22,23)24)29(17)26-16/h2-5,10H,6-9H2,1H3. The molecule has 3 heterocycles. The van der Waals surface area contributed by atoms with E-state index in [0.717, 1.165) is 10.5 Å². The van der Waals surface area contributed by atoms with Gasteiger partial charge in [-0.2, -0.15) is 18.3 Å². The molecule has 1 fully saturated rings. The summed E-state index contributed by atoms with van der Waals surface area (Å²) in [6.07, 6.45) is -4.68. The molecule has 0 radical (unpaired) electrons. The number of hydrogen-bond donors (Lipinski definition) is 0. The highest BCUT2D eigenvalue weighted by atomic mass is 79.9. The van der Waals surface area contributed by atoms with Crippen molar-refractivity contribution in [1.29, 1.82) is 0 Å². The number of halogens is 5. The summed E-state index contributed by atoms with van der Waals surface area (Å²) in [5.74, 6) is -0.418. The number of rotatable bonds is 2. The van der Waals surface area contributed by atoms with Gasteiger partial charge in [0.2, 0.25) is 0 Å². The normalized spacial score (nSPS) is 15.7. The summed E-state index contributed by atoms with van der Waals surface area (Å²) in [6, 6.07) is 7.73. The average Bonchev–Trinajstić information content (AvgIpc) is 3.04. The van der Waals surface area contributed by atoms with E-state index in [0.29, 0.717) is 36.3 Å². The third-order valence-electron chi connectivity index (χ3n) is 4.96. The SMILES string of the molecule is CN1CCN(C(=O)c2nn3c(C(F)(F)F)cc(-c4ccc(Br)cc4)nc3c2Br)CC1. The van der Waals surface area contributed by atoms with E-state index in [1.165, 1.54) is 0 Å². The van der Waals surface area contributed by atoms with Gasteiger partial charge < -0.3 is 9.80 Å². The highest BCUT2D eigenvalue weighted by molar-refractivity contribution is 9.11. The van der Waals surface area contributed by atoms with Gasteiger partial charge in [-0.1, -0.05) is 28.1 Å². The van der Waals surface area contributed by atoms with Gasteiger partial charge in [0.1, 0.15) is 0 Å². The summed E-state index contributed by atoms with van der Waals surface area (Å²) >= 11 is 6.58. The molecule has 2 aromatic heterocycles. The number of hydrogen-bond acceptors (Lipinski definition) is 4. The predicted molar refractivity (Wildman–Crippen MR) is 112 cm³/mol. The first kappa shape index (κ1) is 21.3. The number of fused-ring (bicyclic) bond motifs is 1. The quantitative estimate of drug-likeness (QED) is 0.480. The van der Waals surface area contributed by atoms with E-state index >= 15 is 0 Å². The highest BCUT2D eigenvalue weighted by Gasteiger charge is 2.37. The fourth-order valence-electron chi connectivity index (χ4n) is 3.26. The summed E-state index contributed by atoms with van der Waals surface area (Å²) in [6.45, 7) is 2.35. The van der Waals surface area contributed by atoms with Gasteiger partial charge in [0.25, 0.3) is 5.91 Å². The van der Waals surface area contributed by atoms with Crippen LogP contribution in [0.3, 0.4) is 0 Å². The van der Waals surface area contributed by atoms with Crippen LogP contribution in [0.5, 0.6) is 0 Å². The molecular weight excluding hydrogens is 531 g/mol. The lowest BCUT2D eigenvalue weighted by molar-refractivity contribution is -0.142. The molecule has 0 N–H and O–H groups in total. The fourth-order valence-corrected chi connectivity index (χ4v) is 4.03. The van der Waals surface area contributed by atoms with Crippen LogP contribution in [-0.4, -0.2) is 63.5 Å². The van der Waals surface area contributed by atoms with Gasteiger partial charge in [-0.3, -0.25) is 4.79 Å². The molecule has 1 aromatic carbocycles. The number of amides is 1. The Morgan fingerprint density at radius 2 is 1.70 bits per heavy atom. The van der Waals surface area contributed by atoms with Crippen molar-refractivity contribution < 1.29 is 18.0 Å². The minimum absolute atomic E-state index is 0.0554. The Bertz CT molecular complexity index is 1110. The zero-order valence-corrected chi connectivity index (χ0v) is 18.9. The van der Waals surface area contributed by atoms with Gasteiger partial charge in [-0.05, 0) is 41.2 Å². The molecule has 1 amide bonds. The minimum Gasteiger partial charge on any atom is -0.335 e. The lowest BCUT2D eigenvalue weighted by Gasteiger charge is -2.31. The van der Waals surface area contributed by atoms with Gasteiger partial charge in [0.15, 0.2) is 17.0 Å². The molecular formula is C19H16Br2F3N5O. The Kier molecular flexibility index (Phi) is 5.62. The minimum atomic E-state index is -4.68. The van der Waals surface area contributed by atoms with E-state index in [4.69, 9.17) is 0 Å². The maximum absolute atomic E-state index is 13.8. The third-order valence-corrected chi connectivity index (χ3v) is 6.22. The second-order valence-electron chi connectivity index (χ2n) is 7.02. The Labute approximate surface area is 186 Å². The van der Waals surface area contributed by atoms with Crippen molar-refractivity contribution in [2.24, 2.45) is 0 Å². The Morgan fingerprint density at radius 3 is 2.30 bits per heavy atom. The molecule has 4 rings (SSSR count). The average molecular weight is 547 g/mol. The summed E-state index contributed by atoms with van der Waals surface area (Å²) < 4.78 is 43.1. The van der Waals surface area contributed by atoms with Crippen molar-refractivity contribution in [1.82, 2.24) is 24.4 Å². The van der Waals surface area contributed by atoms with Crippen molar-refractivity contribution in [2.75, 3.05) is 33.2 Å². The molecule has 1 aliphatic rings. The van der Waals surface area contributed by atoms with Crippen molar-refractivity contribution in [3.8, 4) is 11.3 Å². The van der Waals surface area contributed by atoms with Crippen LogP contribution in [0.15, 0.2) is 39.3 Å². The summed E-state index contributed by atoms with van der Waals surface area (Å²) in [5, 5.41) is 4.00. The predicted octanol–water partition coefficient (Wildman–Crippen LogP) is 4.33. The van der Waals surface area contributed by atoms with E-state index < -0.39 is 17.8 Å². The zero-order chi connectivity index (χ0) is 21.6. The Hall–Kier alpha value is -1.98. The lowest BCUT2D eigenvalue weighted by atomic mass is 10.1. The molecule has 0 spiro atoms. The maximum atomic E-state index is 13.8. The number of likely N-dealkylation sites (N-methyl/N-ethyl adjacent to an activating group) is 1. The monoisotopic (exact) mass is 545 g/mol. The molecule has 0 unspecified atom stereocenters. The molecule has 30 heavy (non-hydrogen) atoms. The second kappa shape index (κ2) is 7.93. The van der Waals surface area contributed by atoms with Gasteiger partial charge in [-0.15, -0.1) is 0 Å². The zero-order valence-electron chi connectivity index (χ0n) is 15.7. The van der Waals surface area contributed by atoms with Gasteiger partial charge in [0.05, 0.1) is 10.2 Å². The van der Waals surface area contributed by atoms with Crippen LogP contribution in [-0.2, 0) is 6.18 Å². The van der Waals surface area contributed by atoms with E-state index in [-0.39, 0.29) is 21.5 Å². The molecule has 6 nitrogen and oxygen atoms in total. The maximum Gasteiger partial charge on any atom is 0.433 e. The van der Waals surface area contributed by atoms with E-state index in [1.54, 1.807) is 29.2 Å². The Balaban J connectivity index is 1.84. The van der Waals surface area contributed by atoms with Gasteiger partial charge >= 0.3 is 6.18 Å². The third kappa shape index (κ3) is 3.97. The molecule has 11 heteroatoms. The molecule has 1 aliphatic heterocycles. The summed E-state index contributed by atoms with van der Waals surface area (Å²) in [4.78, 5) is 21.0. The van der Waals surface area contributed by atoms with E-state index in [2.05, 4.69) is 46.8 Å². The Morgan fingerprint density at radius 1 is 1.07 bits per heavy atom. The van der Waals surface area contributed by atoms with Crippen molar-refractivity contribution in [3.05, 3.63) is 50.7 Å². The molecule has 0 aliphatic carbocycles. The van der Waals surface area contributed by atoms with Gasteiger partial charge in [-0.25, -0.2) is 9.50 Å². The largest absolute Gasteiger partial charge is 0.433 e. The number of nitrogens with zero attached hydrogens (tertiary/aromatic N) is 5. The number of alkyl halides is 3. The second-order valence-corrected chi connectivity index (χ2v) is 8.73. The van der Waals surface area contributed by atoms with Crippen molar-refractivity contribution in [3.63, 3.8) is 0 Å². The number of aromatic nitrogens is 3. The number of carbonyl (C=O) groups is 1. The van der Waals surface area contributed by atoms with E-state index in [9.17, 15) is 18.0 Å². The number of benzene rings is 1. The van der Waals surface area contributed by atoms with Gasteiger partial charge in [0, 0.05) is 36.2 Å². The van der Waals surface area contributed by atoms with Crippen LogP contribution < -0.4 is 0 Å². The van der Waals surface area contributed by atoms with E-state index in [1.807, 2.05) is 7.05 Å². The first-order chi connectivity index (χ1) is 14.1.